The highest BCUT2D eigenvalue weighted by Gasteiger charge is 2.51. The maximum Gasteiger partial charge on any atom is 0.356 e. The van der Waals surface area contributed by atoms with Crippen molar-refractivity contribution < 1.29 is 27.2 Å². The topological polar surface area (TPSA) is 71.1 Å². The first kappa shape index (κ1) is 21.9. The van der Waals surface area contributed by atoms with Crippen LogP contribution in [0.15, 0.2) is 35.2 Å². The van der Waals surface area contributed by atoms with Gasteiger partial charge in [-0.1, -0.05) is 30.0 Å². The highest BCUT2D eigenvalue weighted by Crippen LogP contribution is 2.74. The summed E-state index contributed by atoms with van der Waals surface area (Å²) >= 11 is 1.14. The van der Waals surface area contributed by atoms with Crippen molar-refractivity contribution in [2.75, 3.05) is 26.4 Å². The van der Waals surface area contributed by atoms with Crippen molar-refractivity contribution in [3.8, 4) is 0 Å². The van der Waals surface area contributed by atoms with Crippen LogP contribution < -0.4 is 0 Å². The van der Waals surface area contributed by atoms with Crippen LogP contribution in [-0.2, 0) is 27.2 Å². The fraction of sp³-hybridized carbons (Fsp3) is 0.600. The van der Waals surface area contributed by atoms with E-state index < -0.39 is 19.9 Å². The second-order valence-electron chi connectivity index (χ2n) is 4.51. The summed E-state index contributed by atoms with van der Waals surface area (Å²) in [5, 5.41) is 0. The Morgan fingerprint density at radius 1 is 0.792 bits per heavy atom. The van der Waals surface area contributed by atoms with Gasteiger partial charge in [0.15, 0.2) is 0 Å². The van der Waals surface area contributed by atoms with Gasteiger partial charge in [-0.25, -0.2) is 0 Å². The third kappa shape index (κ3) is 5.99. The molecule has 0 N–H and O–H groups in total. The van der Waals surface area contributed by atoms with Crippen LogP contribution >= 0.6 is 27.0 Å². The molecule has 0 fully saturated rings. The quantitative estimate of drug-likeness (QED) is 0.337. The van der Waals surface area contributed by atoms with Gasteiger partial charge in [-0.3, -0.25) is 9.13 Å². The Bertz CT molecular complexity index is 518. The molecule has 0 aliphatic carbocycles. The maximum absolute atomic E-state index is 13.3. The van der Waals surface area contributed by atoms with Crippen molar-refractivity contribution in [3.63, 3.8) is 0 Å². The van der Waals surface area contributed by atoms with E-state index in [1.807, 2.05) is 30.3 Å². The van der Waals surface area contributed by atoms with Gasteiger partial charge in [0, 0.05) is 4.90 Å². The summed E-state index contributed by atoms with van der Waals surface area (Å²) in [7, 11) is -7.45. The molecule has 1 rings (SSSR count). The number of hydrogen-bond donors (Lipinski definition) is 0. The van der Waals surface area contributed by atoms with E-state index in [1.165, 1.54) is 0 Å². The van der Waals surface area contributed by atoms with E-state index in [9.17, 15) is 9.13 Å². The summed E-state index contributed by atoms with van der Waals surface area (Å²) in [4.78, 5) is 0.779. The van der Waals surface area contributed by atoms with Crippen molar-refractivity contribution >= 4 is 27.0 Å². The molecular weight excluding hydrogens is 370 g/mol. The van der Waals surface area contributed by atoms with Crippen LogP contribution in [0.1, 0.15) is 27.7 Å². The molecule has 0 amide bonds. The molecule has 9 heteroatoms. The third-order valence-electron chi connectivity index (χ3n) is 2.76. The Labute approximate surface area is 148 Å². The lowest BCUT2D eigenvalue weighted by molar-refractivity contribution is 0.203. The molecule has 1 aromatic rings. The van der Waals surface area contributed by atoms with Gasteiger partial charge in [0.05, 0.1) is 26.4 Å². The Kier molecular flexibility index (Phi) is 9.83. The summed E-state index contributed by atoms with van der Waals surface area (Å²) in [5.74, 6) is 0. The summed E-state index contributed by atoms with van der Waals surface area (Å²) in [6.07, 6.45) is 0. The molecule has 0 spiro atoms. The molecule has 0 aliphatic rings. The lowest BCUT2D eigenvalue weighted by Crippen LogP contribution is -2.15. The number of benzene rings is 1. The fourth-order valence-corrected chi connectivity index (χ4v) is 9.31. The molecule has 0 atom stereocenters. The van der Waals surface area contributed by atoms with Gasteiger partial charge in [-0.05, 0) is 39.8 Å². The molecule has 1 aromatic carbocycles. The predicted octanol–water partition coefficient (Wildman–Crippen LogP) is 5.59. The zero-order chi connectivity index (χ0) is 18.1. The first-order valence-electron chi connectivity index (χ1n) is 7.95. The van der Waals surface area contributed by atoms with E-state index in [-0.39, 0.29) is 26.4 Å². The monoisotopic (exact) mass is 396 g/mol. The van der Waals surface area contributed by atoms with Crippen LogP contribution in [0.5, 0.6) is 0 Å². The van der Waals surface area contributed by atoms with Gasteiger partial charge in [0.25, 0.3) is 0 Å². The van der Waals surface area contributed by atoms with Crippen molar-refractivity contribution in [2.45, 2.75) is 37.3 Å². The van der Waals surface area contributed by atoms with Gasteiger partial charge in [0.1, 0.15) is 0 Å². The van der Waals surface area contributed by atoms with Gasteiger partial charge >= 0.3 is 15.2 Å². The smallest absolute Gasteiger partial charge is 0.308 e. The van der Waals surface area contributed by atoms with Gasteiger partial charge in [-0.2, -0.15) is 0 Å². The maximum atomic E-state index is 13.3. The molecule has 6 nitrogen and oxygen atoms in total. The number of rotatable bonds is 12. The van der Waals surface area contributed by atoms with Crippen LogP contribution in [0.3, 0.4) is 0 Å². The van der Waals surface area contributed by atoms with Gasteiger partial charge < -0.3 is 18.1 Å². The average Bonchev–Trinajstić information content (AvgIpc) is 2.54. The van der Waals surface area contributed by atoms with Crippen molar-refractivity contribution in [1.29, 1.82) is 0 Å². The van der Waals surface area contributed by atoms with Crippen molar-refractivity contribution in [3.05, 3.63) is 30.3 Å². The minimum Gasteiger partial charge on any atom is -0.308 e. The van der Waals surface area contributed by atoms with E-state index in [1.54, 1.807) is 27.7 Å². The molecular formula is C15H26O6P2S. The average molecular weight is 396 g/mol. The second-order valence-corrected chi connectivity index (χ2v) is 11.0. The number of thioether (sulfide) groups is 1. The molecule has 0 unspecified atom stereocenters. The molecule has 0 saturated carbocycles. The Balaban J connectivity index is 3.32. The SMILES string of the molecule is CCOP(=O)(OCC)C(Sc1ccccc1)P(=O)(OCC)OCC. The highest BCUT2D eigenvalue weighted by atomic mass is 32.2. The van der Waals surface area contributed by atoms with Crippen LogP contribution in [0.4, 0.5) is 0 Å². The third-order valence-corrected chi connectivity index (χ3v) is 11.0. The second kappa shape index (κ2) is 10.8. The Morgan fingerprint density at radius 2 is 1.17 bits per heavy atom. The Morgan fingerprint density at radius 3 is 1.50 bits per heavy atom. The van der Waals surface area contributed by atoms with Gasteiger partial charge in [0.2, 0.25) is 4.73 Å². The molecule has 138 valence electrons. The van der Waals surface area contributed by atoms with Crippen molar-refractivity contribution in [1.82, 2.24) is 0 Å². The highest BCUT2D eigenvalue weighted by molar-refractivity contribution is 8.12. The van der Waals surface area contributed by atoms with E-state index in [0.29, 0.717) is 0 Å². The minimum atomic E-state index is -3.73. The van der Waals surface area contributed by atoms with E-state index in [2.05, 4.69) is 0 Å². The Hall–Kier alpha value is -0.130. The predicted molar refractivity (Wildman–Crippen MR) is 97.8 cm³/mol. The molecule has 0 saturated heterocycles. The summed E-state index contributed by atoms with van der Waals surface area (Å²) in [5.41, 5.74) is 0. The molecule has 0 aliphatic heterocycles. The standard InChI is InChI=1S/C15H26O6P2S/c1-5-18-22(16,19-6-2)15(23(17,20-7-3)21-8-4)24-14-12-10-9-11-13-14/h9-13,15H,5-8H2,1-4H3. The van der Waals surface area contributed by atoms with Crippen LogP contribution in [-0.4, -0.2) is 31.2 Å². The minimum absolute atomic E-state index is 0.168. The van der Waals surface area contributed by atoms with E-state index in [4.69, 9.17) is 18.1 Å². The molecule has 0 bridgehead atoms. The van der Waals surface area contributed by atoms with Crippen LogP contribution in [0.2, 0.25) is 0 Å². The summed E-state index contributed by atoms with van der Waals surface area (Å²) < 4.78 is 47.2. The first-order chi connectivity index (χ1) is 11.5. The number of hydrogen-bond acceptors (Lipinski definition) is 7. The van der Waals surface area contributed by atoms with Crippen LogP contribution in [0.25, 0.3) is 0 Å². The molecule has 0 radical (unpaired) electrons. The molecule has 24 heavy (non-hydrogen) atoms. The molecule has 0 heterocycles. The zero-order valence-corrected chi connectivity index (χ0v) is 17.2. The van der Waals surface area contributed by atoms with Gasteiger partial charge in [-0.15, -0.1) is 0 Å². The first-order valence-corrected chi connectivity index (χ1v) is 12.0. The largest absolute Gasteiger partial charge is 0.356 e. The zero-order valence-electron chi connectivity index (χ0n) is 14.5. The lowest BCUT2D eigenvalue weighted by Gasteiger charge is -2.30. The van der Waals surface area contributed by atoms with E-state index >= 15 is 0 Å². The lowest BCUT2D eigenvalue weighted by atomic mass is 10.4. The fourth-order valence-electron chi connectivity index (χ4n) is 1.97. The van der Waals surface area contributed by atoms with E-state index in [0.717, 1.165) is 16.7 Å². The van der Waals surface area contributed by atoms with Crippen molar-refractivity contribution in [2.24, 2.45) is 0 Å². The summed E-state index contributed by atoms with van der Waals surface area (Å²) in [6.45, 7) is 7.51. The normalized spacial score (nSPS) is 12.7. The van der Waals surface area contributed by atoms with Crippen LogP contribution in [0, 0.1) is 0 Å². The summed E-state index contributed by atoms with van der Waals surface area (Å²) in [6, 6.07) is 9.23. The molecule has 0 aromatic heterocycles.